The van der Waals surface area contributed by atoms with E-state index in [9.17, 15) is 9.59 Å². The third-order valence-electron chi connectivity index (χ3n) is 2.41. The Balaban J connectivity index is 2.26. The molecule has 0 saturated heterocycles. The Kier molecular flexibility index (Phi) is 6.88. The maximum Gasteiger partial charge on any atom is 0.235 e. The van der Waals surface area contributed by atoms with Gasteiger partial charge in [-0.2, -0.15) is 0 Å². The Hall–Kier alpha value is -1.63. The van der Waals surface area contributed by atoms with Crippen LogP contribution in [0.5, 0.6) is 0 Å². The van der Waals surface area contributed by atoms with Crippen LogP contribution in [-0.2, 0) is 9.59 Å². The largest absolute Gasteiger partial charge is 0.343 e. The molecule has 0 aromatic carbocycles. The van der Waals surface area contributed by atoms with E-state index in [1.165, 1.54) is 30.4 Å². The predicted molar refractivity (Wildman–Crippen MR) is 75.9 cm³/mol. The Morgan fingerprint density at radius 3 is 2.58 bits per heavy atom. The van der Waals surface area contributed by atoms with Gasteiger partial charge in [-0.1, -0.05) is 0 Å². The maximum atomic E-state index is 11.7. The molecule has 0 unspecified atom stereocenters. The molecule has 1 N–H and O–H groups in total. The van der Waals surface area contributed by atoms with Crippen molar-refractivity contribution in [3.05, 3.63) is 18.6 Å². The van der Waals surface area contributed by atoms with Crippen LogP contribution in [0.25, 0.3) is 0 Å². The topological polar surface area (TPSA) is 75.2 Å². The number of amides is 2. The van der Waals surface area contributed by atoms with Crippen molar-refractivity contribution in [2.75, 3.05) is 29.9 Å². The van der Waals surface area contributed by atoms with E-state index in [1.54, 1.807) is 4.90 Å². The number of nitrogens with one attached hydrogen (secondary N) is 1. The lowest BCUT2D eigenvalue weighted by Crippen LogP contribution is -2.32. The molecule has 1 aromatic heterocycles. The SMILES string of the molecule is CCN(CC)C(=O)CSCC(=O)Nc1cnccn1. The van der Waals surface area contributed by atoms with E-state index < -0.39 is 0 Å². The van der Waals surface area contributed by atoms with E-state index in [-0.39, 0.29) is 17.6 Å². The number of hydrogen-bond acceptors (Lipinski definition) is 5. The first-order valence-corrected chi connectivity index (χ1v) is 7.24. The summed E-state index contributed by atoms with van der Waals surface area (Å²) in [6, 6.07) is 0. The maximum absolute atomic E-state index is 11.7. The van der Waals surface area contributed by atoms with Crippen LogP contribution < -0.4 is 5.32 Å². The highest BCUT2D eigenvalue weighted by Crippen LogP contribution is 2.05. The minimum Gasteiger partial charge on any atom is -0.343 e. The van der Waals surface area contributed by atoms with E-state index in [4.69, 9.17) is 0 Å². The van der Waals surface area contributed by atoms with Crippen LogP contribution in [0.2, 0.25) is 0 Å². The second kappa shape index (κ2) is 8.47. The summed E-state index contributed by atoms with van der Waals surface area (Å²) in [6.45, 7) is 5.27. The molecule has 1 heterocycles. The van der Waals surface area contributed by atoms with Crippen molar-refractivity contribution in [2.45, 2.75) is 13.8 Å². The number of nitrogens with zero attached hydrogens (tertiary/aromatic N) is 3. The number of thioether (sulfide) groups is 1. The Morgan fingerprint density at radius 2 is 2.00 bits per heavy atom. The molecule has 7 heteroatoms. The molecule has 1 aromatic rings. The van der Waals surface area contributed by atoms with Crippen molar-refractivity contribution in [1.82, 2.24) is 14.9 Å². The van der Waals surface area contributed by atoms with Gasteiger partial charge in [0.2, 0.25) is 11.8 Å². The molecule has 0 aliphatic carbocycles. The van der Waals surface area contributed by atoms with Crippen LogP contribution in [0.1, 0.15) is 13.8 Å². The second-order valence-corrected chi connectivity index (χ2v) is 4.68. The molecule has 0 fully saturated rings. The summed E-state index contributed by atoms with van der Waals surface area (Å²) >= 11 is 1.30. The van der Waals surface area contributed by atoms with Crippen LogP contribution in [0.3, 0.4) is 0 Å². The summed E-state index contributed by atoms with van der Waals surface area (Å²) in [6.07, 6.45) is 4.52. The lowest BCUT2D eigenvalue weighted by atomic mass is 10.5. The van der Waals surface area contributed by atoms with E-state index in [0.29, 0.717) is 24.7 Å². The summed E-state index contributed by atoms with van der Waals surface area (Å²) in [4.78, 5) is 32.8. The molecule has 0 radical (unpaired) electrons. The lowest BCUT2D eigenvalue weighted by Gasteiger charge is -2.17. The Bertz CT molecular complexity index is 409. The molecule has 0 aliphatic rings. The van der Waals surface area contributed by atoms with Gasteiger partial charge in [-0.3, -0.25) is 14.6 Å². The zero-order valence-corrected chi connectivity index (χ0v) is 11.9. The van der Waals surface area contributed by atoms with Gasteiger partial charge >= 0.3 is 0 Å². The number of anilines is 1. The predicted octanol–water partition coefficient (Wildman–Crippen LogP) is 1.02. The van der Waals surface area contributed by atoms with Crippen LogP contribution in [0.4, 0.5) is 5.82 Å². The lowest BCUT2D eigenvalue weighted by molar-refractivity contribution is -0.127. The molecule has 6 nitrogen and oxygen atoms in total. The van der Waals surface area contributed by atoms with Crippen molar-refractivity contribution in [1.29, 1.82) is 0 Å². The number of carbonyl (C=O) groups excluding carboxylic acids is 2. The van der Waals surface area contributed by atoms with Gasteiger partial charge in [0.15, 0.2) is 5.82 Å². The molecule has 0 aliphatic heterocycles. The smallest absolute Gasteiger partial charge is 0.235 e. The standard InChI is InChI=1S/C12H18N4O2S/c1-3-16(4-2)12(18)9-19-8-11(17)15-10-7-13-5-6-14-10/h5-7H,3-4,8-9H2,1-2H3,(H,14,15,17). The van der Waals surface area contributed by atoms with E-state index in [2.05, 4.69) is 15.3 Å². The Labute approximate surface area is 117 Å². The molecule has 1 rings (SSSR count). The van der Waals surface area contributed by atoms with Gasteiger partial charge in [0.1, 0.15) is 0 Å². The van der Waals surface area contributed by atoms with Gasteiger partial charge in [0.25, 0.3) is 0 Å². The third-order valence-corrected chi connectivity index (χ3v) is 3.32. The fourth-order valence-electron chi connectivity index (χ4n) is 1.44. The number of carbonyl (C=O) groups is 2. The monoisotopic (exact) mass is 282 g/mol. The molecule has 19 heavy (non-hydrogen) atoms. The fourth-order valence-corrected chi connectivity index (χ4v) is 2.16. The molecular weight excluding hydrogens is 264 g/mol. The highest BCUT2D eigenvalue weighted by atomic mass is 32.2. The highest BCUT2D eigenvalue weighted by molar-refractivity contribution is 8.00. The van der Waals surface area contributed by atoms with Gasteiger partial charge in [0, 0.05) is 25.5 Å². The van der Waals surface area contributed by atoms with Gasteiger partial charge in [-0.15, -0.1) is 11.8 Å². The number of rotatable bonds is 7. The first-order valence-electron chi connectivity index (χ1n) is 6.08. The Morgan fingerprint density at radius 1 is 1.26 bits per heavy atom. The molecular formula is C12H18N4O2S. The number of hydrogen-bond donors (Lipinski definition) is 1. The van der Waals surface area contributed by atoms with Crippen LogP contribution in [0, 0.1) is 0 Å². The van der Waals surface area contributed by atoms with E-state index in [0.717, 1.165) is 0 Å². The minimum absolute atomic E-state index is 0.0577. The minimum atomic E-state index is -0.183. The normalized spacial score (nSPS) is 10.0. The molecule has 0 spiro atoms. The zero-order valence-electron chi connectivity index (χ0n) is 11.1. The first-order chi connectivity index (χ1) is 9.17. The third kappa shape index (κ3) is 5.69. The first kappa shape index (κ1) is 15.4. The summed E-state index contributed by atoms with van der Waals surface area (Å²) in [5.41, 5.74) is 0. The van der Waals surface area contributed by atoms with Crippen LogP contribution >= 0.6 is 11.8 Å². The summed E-state index contributed by atoms with van der Waals surface area (Å²) in [5.74, 6) is 0.836. The molecule has 0 bridgehead atoms. The average molecular weight is 282 g/mol. The van der Waals surface area contributed by atoms with Crippen molar-refractivity contribution >= 4 is 29.4 Å². The number of aromatic nitrogens is 2. The quantitative estimate of drug-likeness (QED) is 0.808. The molecule has 2 amide bonds. The van der Waals surface area contributed by atoms with Crippen molar-refractivity contribution < 1.29 is 9.59 Å². The molecule has 0 saturated carbocycles. The fraction of sp³-hybridized carbons (Fsp3) is 0.500. The molecule has 0 atom stereocenters. The molecule has 104 valence electrons. The second-order valence-electron chi connectivity index (χ2n) is 3.70. The summed E-state index contributed by atoms with van der Waals surface area (Å²) < 4.78 is 0. The zero-order chi connectivity index (χ0) is 14.1. The van der Waals surface area contributed by atoms with Gasteiger partial charge in [-0.25, -0.2) is 4.98 Å². The van der Waals surface area contributed by atoms with Crippen LogP contribution in [-0.4, -0.2) is 51.3 Å². The van der Waals surface area contributed by atoms with Gasteiger partial charge < -0.3 is 10.2 Å². The summed E-state index contributed by atoms with van der Waals surface area (Å²) in [7, 11) is 0. The van der Waals surface area contributed by atoms with Crippen molar-refractivity contribution in [2.24, 2.45) is 0 Å². The van der Waals surface area contributed by atoms with E-state index >= 15 is 0 Å². The van der Waals surface area contributed by atoms with Crippen molar-refractivity contribution in [3.8, 4) is 0 Å². The van der Waals surface area contributed by atoms with E-state index in [1.807, 2.05) is 13.8 Å². The van der Waals surface area contributed by atoms with Gasteiger partial charge in [-0.05, 0) is 13.8 Å². The average Bonchev–Trinajstić information content (AvgIpc) is 2.41. The van der Waals surface area contributed by atoms with Gasteiger partial charge in [0.05, 0.1) is 17.7 Å². The highest BCUT2D eigenvalue weighted by Gasteiger charge is 2.10. The summed E-state index contributed by atoms with van der Waals surface area (Å²) in [5, 5.41) is 2.61. The van der Waals surface area contributed by atoms with Crippen molar-refractivity contribution in [3.63, 3.8) is 0 Å². The van der Waals surface area contributed by atoms with Crippen LogP contribution in [0.15, 0.2) is 18.6 Å².